The van der Waals surface area contributed by atoms with E-state index in [1.807, 2.05) is 65.8 Å². The highest BCUT2D eigenvalue weighted by atomic mass is 16.5. The fourth-order valence-corrected chi connectivity index (χ4v) is 3.33. The van der Waals surface area contributed by atoms with Gasteiger partial charge in [0, 0.05) is 34.8 Å². The summed E-state index contributed by atoms with van der Waals surface area (Å²) < 4.78 is 5.74. The molecule has 0 fully saturated rings. The van der Waals surface area contributed by atoms with E-state index in [1.54, 1.807) is 6.08 Å². The number of nitrogens with zero attached hydrogens (tertiary/aromatic N) is 5. The van der Waals surface area contributed by atoms with Crippen LogP contribution in [0.5, 0.6) is 5.75 Å². The predicted octanol–water partition coefficient (Wildman–Crippen LogP) is 2.06. The van der Waals surface area contributed by atoms with Gasteiger partial charge in [-0.2, -0.15) is 0 Å². The van der Waals surface area contributed by atoms with Gasteiger partial charge in [-0.25, -0.2) is 20.0 Å². The number of para-hydroxylation sites is 1. The van der Waals surface area contributed by atoms with E-state index in [0.717, 1.165) is 21.5 Å². The SMILES string of the molecule is O=C1/N=C/COc2ccc3ncnc(c3c2)/N=c2\cccc\c2=C/N2C=CC=C1C2. The van der Waals surface area contributed by atoms with Crippen LogP contribution in [0.15, 0.2) is 82.7 Å². The number of carbonyl (C=O) groups is 1. The Kier molecular flexibility index (Phi) is 4.61. The Balaban J connectivity index is 1.73. The summed E-state index contributed by atoms with van der Waals surface area (Å²) in [5.41, 5.74) is 1.38. The Morgan fingerprint density at radius 3 is 2.97 bits per heavy atom. The van der Waals surface area contributed by atoms with Gasteiger partial charge in [0.15, 0.2) is 5.82 Å². The van der Waals surface area contributed by atoms with Crippen molar-refractivity contribution in [3.63, 3.8) is 0 Å². The first-order valence-electron chi connectivity index (χ1n) is 9.49. The van der Waals surface area contributed by atoms with E-state index in [9.17, 15) is 4.79 Å². The van der Waals surface area contributed by atoms with E-state index < -0.39 is 0 Å². The van der Waals surface area contributed by atoms with E-state index in [-0.39, 0.29) is 12.5 Å². The molecule has 1 amide bonds. The lowest BCUT2D eigenvalue weighted by molar-refractivity contribution is -0.114. The molecule has 0 N–H and O–H groups in total. The lowest BCUT2D eigenvalue weighted by Crippen LogP contribution is -2.29. The lowest BCUT2D eigenvalue weighted by Gasteiger charge is -2.19. The van der Waals surface area contributed by atoms with Gasteiger partial charge in [-0.3, -0.25) is 4.79 Å². The lowest BCUT2D eigenvalue weighted by atomic mass is 10.1. The molecule has 0 atom stereocenters. The fourth-order valence-electron chi connectivity index (χ4n) is 3.33. The first kappa shape index (κ1) is 17.9. The Bertz CT molecular complexity index is 1360. The standard InChI is InChI=1S/C23H17N5O2/c29-23-17-5-3-10-28(14-17)13-16-4-1-2-6-20(16)27-22-19-12-18(30-11-9-24-23)7-8-21(19)25-15-26-22/h1-10,12-13,15H,11,14H2/b16-13+,24-9+,27-20+. The highest BCUT2D eigenvalue weighted by molar-refractivity contribution is 5.99. The molecular formula is C23H17N5O2. The quantitative estimate of drug-likeness (QED) is 0.582. The minimum absolute atomic E-state index is 0.180. The van der Waals surface area contributed by atoms with E-state index in [4.69, 9.17) is 9.73 Å². The molecule has 5 rings (SSSR count). The zero-order valence-corrected chi connectivity index (χ0v) is 16.0. The summed E-state index contributed by atoms with van der Waals surface area (Å²) in [5, 5.41) is 2.46. The number of benzene rings is 2. The summed E-state index contributed by atoms with van der Waals surface area (Å²) in [6.07, 6.45) is 10.5. The van der Waals surface area contributed by atoms with E-state index in [0.29, 0.717) is 23.7 Å². The Morgan fingerprint density at radius 1 is 1.07 bits per heavy atom. The first-order valence-corrected chi connectivity index (χ1v) is 9.49. The van der Waals surface area contributed by atoms with Crippen LogP contribution < -0.4 is 15.3 Å². The summed E-state index contributed by atoms with van der Waals surface area (Å²) >= 11 is 0. The third-order valence-corrected chi connectivity index (χ3v) is 4.79. The Hall–Kier alpha value is -4.13. The van der Waals surface area contributed by atoms with Gasteiger partial charge in [-0.05, 0) is 30.3 Å². The summed E-state index contributed by atoms with van der Waals surface area (Å²) in [4.78, 5) is 31.9. The second-order valence-electron chi connectivity index (χ2n) is 6.81. The van der Waals surface area contributed by atoms with Gasteiger partial charge in [0.25, 0.3) is 5.91 Å². The molecule has 0 saturated carbocycles. The van der Waals surface area contributed by atoms with E-state index in [1.165, 1.54) is 12.5 Å². The molecule has 0 spiro atoms. The number of carbonyl (C=O) groups excluding carboxylic acids is 1. The smallest absolute Gasteiger partial charge is 0.274 e. The van der Waals surface area contributed by atoms with E-state index >= 15 is 0 Å². The van der Waals surface area contributed by atoms with Crippen LogP contribution in [-0.4, -0.2) is 40.1 Å². The van der Waals surface area contributed by atoms with Crippen LogP contribution in [0.25, 0.3) is 17.1 Å². The normalized spacial score (nSPS) is 19.1. The molecule has 3 aromatic rings. The molecule has 0 unspecified atom stereocenters. The van der Waals surface area contributed by atoms with Crippen molar-refractivity contribution in [3.8, 4) is 5.75 Å². The molecule has 2 aliphatic rings. The number of amides is 1. The van der Waals surface area contributed by atoms with Crippen molar-refractivity contribution in [3.05, 3.63) is 83.3 Å². The second-order valence-corrected chi connectivity index (χ2v) is 6.81. The number of rotatable bonds is 0. The Morgan fingerprint density at radius 2 is 2.00 bits per heavy atom. The number of aliphatic imine (C=N–C) groups is 1. The maximum absolute atomic E-state index is 12.4. The van der Waals surface area contributed by atoms with Gasteiger partial charge in [-0.1, -0.05) is 24.3 Å². The largest absolute Gasteiger partial charge is 0.488 e. The highest BCUT2D eigenvalue weighted by Crippen LogP contribution is 2.25. The second kappa shape index (κ2) is 7.71. The highest BCUT2D eigenvalue weighted by Gasteiger charge is 2.13. The first-order chi connectivity index (χ1) is 14.8. The van der Waals surface area contributed by atoms with Gasteiger partial charge in [0.1, 0.15) is 18.7 Å². The summed E-state index contributed by atoms with van der Waals surface area (Å²) in [7, 11) is 0. The van der Waals surface area contributed by atoms with Crippen molar-refractivity contribution in [1.29, 1.82) is 0 Å². The monoisotopic (exact) mass is 395 g/mol. The number of fused-ring (bicyclic) bond motifs is 4. The van der Waals surface area contributed by atoms with Gasteiger partial charge in [0.05, 0.1) is 17.4 Å². The summed E-state index contributed by atoms with van der Waals surface area (Å²) in [5.74, 6) is 0.920. The molecule has 0 radical (unpaired) electrons. The third kappa shape index (κ3) is 3.60. The van der Waals surface area contributed by atoms with Crippen molar-refractivity contribution in [1.82, 2.24) is 14.9 Å². The van der Waals surface area contributed by atoms with Gasteiger partial charge in [-0.15, -0.1) is 0 Å². The van der Waals surface area contributed by atoms with Crippen molar-refractivity contribution in [2.24, 2.45) is 9.98 Å². The minimum Gasteiger partial charge on any atom is -0.488 e. The number of hydrogen-bond donors (Lipinski definition) is 0. The van der Waals surface area contributed by atoms with Crippen LogP contribution in [0.2, 0.25) is 0 Å². The molecular weight excluding hydrogens is 378 g/mol. The average molecular weight is 395 g/mol. The van der Waals surface area contributed by atoms with Crippen molar-refractivity contribution in [2.75, 3.05) is 13.2 Å². The topological polar surface area (TPSA) is 80.0 Å². The molecule has 2 aliphatic heterocycles. The number of ether oxygens (including phenoxy) is 1. The molecule has 7 nitrogen and oxygen atoms in total. The molecule has 0 aliphatic carbocycles. The molecule has 30 heavy (non-hydrogen) atoms. The van der Waals surface area contributed by atoms with Gasteiger partial charge < -0.3 is 9.64 Å². The molecule has 2 aromatic carbocycles. The van der Waals surface area contributed by atoms with Crippen molar-refractivity contribution in [2.45, 2.75) is 0 Å². The number of aromatic nitrogens is 2. The molecule has 4 bridgehead atoms. The van der Waals surface area contributed by atoms with Gasteiger partial charge >= 0.3 is 0 Å². The summed E-state index contributed by atoms with van der Waals surface area (Å²) in [6, 6.07) is 13.3. The maximum Gasteiger partial charge on any atom is 0.274 e. The third-order valence-electron chi connectivity index (χ3n) is 4.79. The fraction of sp³-hybridized carbons (Fsp3) is 0.0870. The van der Waals surface area contributed by atoms with Crippen molar-refractivity contribution < 1.29 is 9.53 Å². The van der Waals surface area contributed by atoms with Crippen LogP contribution in [0.1, 0.15) is 0 Å². The van der Waals surface area contributed by atoms with E-state index in [2.05, 4.69) is 15.0 Å². The summed E-state index contributed by atoms with van der Waals surface area (Å²) in [6.45, 7) is 0.609. The van der Waals surface area contributed by atoms with Gasteiger partial charge in [0.2, 0.25) is 0 Å². The van der Waals surface area contributed by atoms with Crippen LogP contribution in [0.4, 0.5) is 5.82 Å². The van der Waals surface area contributed by atoms with Crippen LogP contribution >= 0.6 is 0 Å². The molecule has 1 aromatic heterocycles. The minimum atomic E-state index is -0.277. The van der Waals surface area contributed by atoms with Crippen LogP contribution in [0.3, 0.4) is 0 Å². The zero-order chi connectivity index (χ0) is 20.3. The number of allylic oxidation sites excluding steroid dienone is 2. The average Bonchev–Trinajstić information content (AvgIpc) is 2.78. The number of hydrogen-bond acceptors (Lipinski definition) is 6. The molecule has 0 saturated heterocycles. The molecule has 146 valence electrons. The van der Waals surface area contributed by atoms with Crippen LogP contribution in [0, 0.1) is 0 Å². The predicted molar refractivity (Wildman–Crippen MR) is 114 cm³/mol. The molecule has 7 heteroatoms. The maximum atomic E-state index is 12.4. The Labute approximate surface area is 172 Å². The molecule has 3 heterocycles. The zero-order valence-electron chi connectivity index (χ0n) is 16.0. The van der Waals surface area contributed by atoms with Crippen LogP contribution in [-0.2, 0) is 4.79 Å². The van der Waals surface area contributed by atoms with Crippen molar-refractivity contribution >= 4 is 35.0 Å².